The molecule has 1 fully saturated rings. The van der Waals surface area contributed by atoms with E-state index in [0.717, 1.165) is 12.8 Å². The molecule has 25 heavy (non-hydrogen) atoms. The third-order valence-electron chi connectivity index (χ3n) is 4.28. The first-order valence-corrected chi connectivity index (χ1v) is 8.38. The van der Waals surface area contributed by atoms with E-state index >= 15 is 0 Å². The summed E-state index contributed by atoms with van der Waals surface area (Å²) in [5, 5.41) is 0. The largest absolute Gasteiger partial charge is 0.376 e. The van der Waals surface area contributed by atoms with Crippen molar-refractivity contribution in [3.8, 4) is 0 Å². The Morgan fingerprint density at radius 3 is 2.88 bits per heavy atom. The molecule has 1 amide bonds. The van der Waals surface area contributed by atoms with Crippen LogP contribution in [0.25, 0.3) is 0 Å². The second-order valence-electron chi connectivity index (χ2n) is 6.33. The van der Waals surface area contributed by atoms with Crippen LogP contribution in [0.5, 0.6) is 0 Å². The Labute approximate surface area is 145 Å². The number of ether oxygens (including phenoxy) is 1. The molecule has 1 N–H and O–H groups in total. The van der Waals surface area contributed by atoms with Gasteiger partial charge >= 0.3 is 0 Å². The Kier molecular flexibility index (Phi) is 5.28. The van der Waals surface area contributed by atoms with Gasteiger partial charge in [0.2, 0.25) is 0 Å². The van der Waals surface area contributed by atoms with E-state index in [1.165, 1.54) is 18.2 Å². The van der Waals surface area contributed by atoms with Crippen LogP contribution < -0.4 is 5.56 Å². The molecule has 0 aliphatic carbocycles. The molecule has 2 aromatic rings. The van der Waals surface area contributed by atoms with Crippen molar-refractivity contribution in [1.29, 1.82) is 0 Å². The maximum atomic E-state index is 13.5. The number of aromatic nitrogens is 1. The van der Waals surface area contributed by atoms with Crippen LogP contribution in [-0.2, 0) is 11.3 Å². The number of rotatable bonds is 5. The highest BCUT2D eigenvalue weighted by Gasteiger charge is 2.25. The first-order chi connectivity index (χ1) is 12.0. The van der Waals surface area contributed by atoms with Gasteiger partial charge in [0, 0.05) is 25.4 Å². The summed E-state index contributed by atoms with van der Waals surface area (Å²) < 4.78 is 19.1. The van der Waals surface area contributed by atoms with Crippen molar-refractivity contribution >= 4 is 5.91 Å². The van der Waals surface area contributed by atoms with Crippen molar-refractivity contribution in [3.05, 3.63) is 69.4 Å². The normalized spacial score (nSPS) is 16.8. The van der Waals surface area contributed by atoms with Gasteiger partial charge in [0.15, 0.2) is 0 Å². The van der Waals surface area contributed by atoms with Gasteiger partial charge in [-0.1, -0.05) is 12.1 Å². The topological polar surface area (TPSA) is 62.4 Å². The molecular formula is C19H21FN2O3. The molecule has 6 heteroatoms. The van der Waals surface area contributed by atoms with E-state index in [0.29, 0.717) is 24.4 Å². The van der Waals surface area contributed by atoms with E-state index in [2.05, 4.69) is 4.98 Å². The number of H-pyrrole nitrogens is 1. The Hall–Kier alpha value is -2.47. The molecule has 5 nitrogen and oxygen atoms in total. The second-order valence-corrected chi connectivity index (χ2v) is 6.33. The van der Waals surface area contributed by atoms with Crippen LogP contribution in [0.2, 0.25) is 0 Å². The molecule has 3 rings (SSSR count). The molecule has 0 bridgehead atoms. The van der Waals surface area contributed by atoms with Crippen molar-refractivity contribution in [1.82, 2.24) is 9.88 Å². The van der Waals surface area contributed by atoms with E-state index in [-0.39, 0.29) is 29.9 Å². The molecule has 0 saturated carbocycles. The lowest BCUT2D eigenvalue weighted by Crippen LogP contribution is -2.39. The van der Waals surface area contributed by atoms with Crippen LogP contribution >= 0.6 is 0 Å². The highest BCUT2D eigenvalue weighted by molar-refractivity contribution is 5.93. The number of aryl methyl sites for hydroxylation is 1. The van der Waals surface area contributed by atoms with Crippen molar-refractivity contribution in [3.63, 3.8) is 0 Å². The minimum absolute atomic E-state index is 0.0537. The average molecular weight is 344 g/mol. The van der Waals surface area contributed by atoms with Crippen molar-refractivity contribution in [2.75, 3.05) is 13.2 Å². The smallest absolute Gasteiger partial charge is 0.260 e. The molecule has 0 radical (unpaired) electrons. The van der Waals surface area contributed by atoms with Gasteiger partial charge < -0.3 is 14.6 Å². The van der Waals surface area contributed by atoms with Crippen molar-refractivity contribution in [2.45, 2.75) is 32.4 Å². The summed E-state index contributed by atoms with van der Waals surface area (Å²) >= 11 is 0. The van der Waals surface area contributed by atoms with Gasteiger partial charge in [-0.05, 0) is 49.6 Å². The van der Waals surface area contributed by atoms with Gasteiger partial charge in [-0.3, -0.25) is 9.59 Å². The number of carbonyl (C=O) groups excluding carboxylic acids is 1. The number of nitrogens with zero attached hydrogens (tertiary/aromatic N) is 1. The molecule has 2 heterocycles. The van der Waals surface area contributed by atoms with Crippen molar-refractivity contribution < 1.29 is 13.9 Å². The number of nitrogens with one attached hydrogen (secondary N) is 1. The lowest BCUT2D eigenvalue weighted by Gasteiger charge is -2.25. The predicted octanol–water partition coefficient (Wildman–Crippen LogP) is 2.64. The second kappa shape index (κ2) is 7.61. The Morgan fingerprint density at radius 1 is 1.36 bits per heavy atom. The van der Waals surface area contributed by atoms with Crippen LogP contribution in [0, 0.1) is 12.7 Å². The van der Waals surface area contributed by atoms with E-state index in [1.54, 1.807) is 30.0 Å². The summed E-state index contributed by atoms with van der Waals surface area (Å²) in [5.41, 5.74) is 1.04. The van der Waals surface area contributed by atoms with Crippen molar-refractivity contribution in [2.24, 2.45) is 0 Å². The zero-order valence-corrected chi connectivity index (χ0v) is 14.1. The van der Waals surface area contributed by atoms with E-state index in [9.17, 15) is 14.0 Å². The number of pyridine rings is 1. The standard InChI is InChI=1S/C19H21FN2O3/c1-13-7-8-17(18(23)21-13)19(24)22(12-16-6-3-9-25-16)11-14-4-2-5-15(20)10-14/h2,4-5,7-8,10,16H,3,6,9,11-12H2,1H3,(H,21,23)/t16-/m1/s1. The third kappa shape index (κ3) is 4.33. The Bertz CT molecular complexity index is 812. The number of hydrogen-bond acceptors (Lipinski definition) is 3. The molecule has 1 atom stereocenters. The highest BCUT2D eigenvalue weighted by atomic mass is 19.1. The monoisotopic (exact) mass is 344 g/mol. The molecule has 1 aliphatic rings. The van der Waals surface area contributed by atoms with Crippen LogP contribution in [0.3, 0.4) is 0 Å². The predicted molar refractivity (Wildman–Crippen MR) is 91.9 cm³/mol. The third-order valence-corrected chi connectivity index (χ3v) is 4.28. The number of hydrogen-bond donors (Lipinski definition) is 1. The molecule has 1 aromatic heterocycles. The van der Waals surface area contributed by atoms with Gasteiger partial charge in [-0.15, -0.1) is 0 Å². The van der Waals surface area contributed by atoms with Crippen LogP contribution in [0.4, 0.5) is 4.39 Å². The van der Waals surface area contributed by atoms with Gasteiger partial charge in [0.25, 0.3) is 11.5 Å². The molecule has 1 aromatic carbocycles. The SMILES string of the molecule is Cc1ccc(C(=O)N(Cc2cccc(F)c2)C[C@H]2CCCO2)c(=O)[nH]1. The fourth-order valence-electron chi connectivity index (χ4n) is 3.02. The Balaban J connectivity index is 1.86. The lowest BCUT2D eigenvalue weighted by molar-refractivity contribution is 0.0505. The fraction of sp³-hybridized carbons (Fsp3) is 0.368. The maximum absolute atomic E-state index is 13.5. The summed E-state index contributed by atoms with van der Waals surface area (Å²) in [7, 11) is 0. The minimum atomic E-state index is -0.415. The molecule has 0 spiro atoms. The first kappa shape index (κ1) is 17.4. The first-order valence-electron chi connectivity index (χ1n) is 8.38. The van der Waals surface area contributed by atoms with Crippen LogP contribution in [0.15, 0.2) is 41.2 Å². The quantitative estimate of drug-likeness (QED) is 0.907. The van der Waals surface area contributed by atoms with E-state index in [1.807, 2.05) is 0 Å². The fourth-order valence-corrected chi connectivity index (χ4v) is 3.02. The van der Waals surface area contributed by atoms with E-state index in [4.69, 9.17) is 4.74 Å². The zero-order valence-electron chi connectivity index (χ0n) is 14.1. The molecule has 132 valence electrons. The summed E-state index contributed by atoms with van der Waals surface area (Å²) in [6, 6.07) is 9.36. The maximum Gasteiger partial charge on any atom is 0.260 e. The Morgan fingerprint density at radius 2 is 2.20 bits per heavy atom. The molecule has 1 aliphatic heterocycles. The summed E-state index contributed by atoms with van der Waals surface area (Å²) in [6.45, 7) is 3.04. The summed E-state index contributed by atoms with van der Waals surface area (Å²) in [5.74, 6) is -0.726. The number of benzene rings is 1. The number of carbonyl (C=O) groups is 1. The molecule has 0 unspecified atom stereocenters. The summed E-state index contributed by atoms with van der Waals surface area (Å²) in [6.07, 6.45) is 1.77. The number of aromatic amines is 1. The molecule has 1 saturated heterocycles. The van der Waals surface area contributed by atoms with Gasteiger partial charge in [-0.25, -0.2) is 4.39 Å². The number of halogens is 1. The molecular weight excluding hydrogens is 323 g/mol. The number of amides is 1. The average Bonchev–Trinajstić information content (AvgIpc) is 3.07. The van der Waals surface area contributed by atoms with Gasteiger partial charge in [0.1, 0.15) is 11.4 Å². The van der Waals surface area contributed by atoms with Crippen LogP contribution in [0.1, 0.15) is 34.5 Å². The minimum Gasteiger partial charge on any atom is -0.376 e. The lowest BCUT2D eigenvalue weighted by atomic mass is 10.1. The zero-order chi connectivity index (χ0) is 17.8. The van der Waals surface area contributed by atoms with Gasteiger partial charge in [-0.2, -0.15) is 0 Å². The van der Waals surface area contributed by atoms with E-state index < -0.39 is 5.56 Å². The summed E-state index contributed by atoms with van der Waals surface area (Å²) in [4.78, 5) is 29.3. The van der Waals surface area contributed by atoms with Gasteiger partial charge in [0.05, 0.1) is 6.10 Å². The van der Waals surface area contributed by atoms with Crippen LogP contribution in [-0.4, -0.2) is 35.0 Å². The highest BCUT2D eigenvalue weighted by Crippen LogP contribution is 2.17.